The highest BCUT2D eigenvalue weighted by atomic mass is 32.2. The zero-order valence-corrected chi connectivity index (χ0v) is 24.3. The van der Waals surface area contributed by atoms with Gasteiger partial charge in [-0.15, -0.1) is 0 Å². The molecule has 41 heavy (non-hydrogen) atoms. The molecule has 208 valence electrons. The number of rotatable bonds is 6. The fraction of sp³-hybridized carbons (Fsp3) is 0.226. The number of hydrogen-bond donors (Lipinski definition) is 1. The molecule has 0 saturated carbocycles. The fourth-order valence-electron chi connectivity index (χ4n) is 5.36. The van der Waals surface area contributed by atoms with Crippen LogP contribution in [0.3, 0.4) is 0 Å². The van der Waals surface area contributed by atoms with Crippen molar-refractivity contribution in [2.24, 2.45) is 5.92 Å². The number of benzene rings is 3. The van der Waals surface area contributed by atoms with E-state index in [1.807, 2.05) is 50.2 Å². The minimum Gasteiger partial charge on any atom is -0.497 e. The molecule has 3 aromatic carbocycles. The molecule has 10 heteroatoms. The predicted octanol–water partition coefficient (Wildman–Crippen LogP) is 4.97. The van der Waals surface area contributed by atoms with Crippen LogP contribution in [0.2, 0.25) is 0 Å². The molecule has 6 rings (SSSR count). The Morgan fingerprint density at radius 1 is 0.878 bits per heavy atom. The Kier molecular flexibility index (Phi) is 7.04. The third-order valence-corrected chi connectivity index (χ3v) is 10.1. The van der Waals surface area contributed by atoms with Crippen LogP contribution in [0.5, 0.6) is 5.75 Å². The number of nitrogens with one attached hydrogen (secondary N) is 1. The van der Waals surface area contributed by atoms with Gasteiger partial charge in [0.15, 0.2) is 0 Å². The molecule has 3 amide bonds. The molecule has 1 aromatic heterocycles. The topological polar surface area (TPSA) is 97.7 Å². The highest BCUT2D eigenvalue weighted by molar-refractivity contribution is 8.00. The third kappa shape index (κ3) is 4.87. The van der Waals surface area contributed by atoms with Crippen molar-refractivity contribution in [1.82, 2.24) is 4.57 Å². The number of thiazole rings is 1. The van der Waals surface area contributed by atoms with Gasteiger partial charge in [0.1, 0.15) is 17.5 Å². The van der Waals surface area contributed by atoms with Crippen LogP contribution in [0.4, 0.5) is 11.4 Å². The average molecular weight is 586 g/mol. The first-order valence-electron chi connectivity index (χ1n) is 13.1. The lowest BCUT2D eigenvalue weighted by Gasteiger charge is -2.30. The Bertz CT molecular complexity index is 1710. The lowest BCUT2D eigenvalue weighted by Crippen LogP contribution is -2.33. The highest BCUT2D eigenvalue weighted by Gasteiger charge is 2.56. The number of thioether (sulfide) groups is 1. The van der Waals surface area contributed by atoms with Gasteiger partial charge in [-0.1, -0.05) is 70.6 Å². The Hall–Kier alpha value is -4.15. The molecular weight excluding hydrogens is 558 g/mol. The normalized spacial score (nSPS) is 19.6. The predicted molar refractivity (Wildman–Crippen MR) is 160 cm³/mol. The first-order valence-corrected chi connectivity index (χ1v) is 14.8. The van der Waals surface area contributed by atoms with Gasteiger partial charge in [0, 0.05) is 16.5 Å². The maximum Gasteiger partial charge on any atom is 0.308 e. The van der Waals surface area contributed by atoms with Crippen LogP contribution in [0.1, 0.15) is 27.5 Å². The number of amides is 3. The molecule has 8 nitrogen and oxygen atoms in total. The summed E-state index contributed by atoms with van der Waals surface area (Å²) in [6.07, 6.45) is 0. The molecule has 3 heterocycles. The molecule has 0 radical (unpaired) electrons. The van der Waals surface area contributed by atoms with E-state index >= 15 is 0 Å². The Morgan fingerprint density at radius 3 is 2.15 bits per heavy atom. The van der Waals surface area contributed by atoms with E-state index in [1.54, 1.807) is 43.5 Å². The van der Waals surface area contributed by atoms with Gasteiger partial charge in [-0.25, -0.2) is 4.90 Å². The monoisotopic (exact) mass is 585 g/mol. The van der Waals surface area contributed by atoms with Gasteiger partial charge in [0.05, 0.1) is 23.7 Å². The van der Waals surface area contributed by atoms with E-state index in [2.05, 4.69) is 5.32 Å². The minimum atomic E-state index is -0.746. The number of aromatic nitrogens is 1. The number of aryl methyl sites for hydroxylation is 2. The van der Waals surface area contributed by atoms with Crippen molar-refractivity contribution in [3.05, 3.63) is 104 Å². The van der Waals surface area contributed by atoms with Crippen molar-refractivity contribution >= 4 is 52.2 Å². The number of hydrogen-bond acceptors (Lipinski definition) is 7. The number of carbonyl (C=O) groups is 3. The largest absolute Gasteiger partial charge is 0.497 e. The van der Waals surface area contributed by atoms with Crippen molar-refractivity contribution in [3.63, 3.8) is 0 Å². The van der Waals surface area contributed by atoms with Crippen LogP contribution in [0, 0.1) is 19.8 Å². The van der Waals surface area contributed by atoms with Crippen molar-refractivity contribution in [2.45, 2.75) is 36.6 Å². The van der Waals surface area contributed by atoms with Crippen LogP contribution in [0.25, 0.3) is 0 Å². The van der Waals surface area contributed by atoms with Crippen LogP contribution in [-0.2, 0) is 20.9 Å². The molecule has 2 aliphatic rings. The minimum absolute atomic E-state index is 0.206. The summed E-state index contributed by atoms with van der Waals surface area (Å²) >= 11 is 2.23. The van der Waals surface area contributed by atoms with E-state index < -0.39 is 17.1 Å². The summed E-state index contributed by atoms with van der Waals surface area (Å²) in [4.78, 5) is 55.8. The summed E-state index contributed by atoms with van der Waals surface area (Å²) in [5.41, 5.74) is 4.04. The lowest BCUT2D eigenvalue weighted by atomic mass is 9.83. The second-order valence-corrected chi connectivity index (χ2v) is 12.3. The summed E-state index contributed by atoms with van der Waals surface area (Å²) < 4.78 is 6.75. The molecule has 1 fully saturated rings. The number of ether oxygens (including phenoxy) is 1. The van der Waals surface area contributed by atoms with E-state index in [4.69, 9.17) is 4.74 Å². The molecule has 2 aliphatic heterocycles. The van der Waals surface area contributed by atoms with Gasteiger partial charge >= 0.3 is 4.87 Å². The van der Waals surface area contributed by atoms with Crippen molar-refractivity contribution in [2.75, 3.05) is 17.3 Å². The van der Waals surface area contributed by atoms with Gasteiger partial charge in [-0.05, 0) is 55.8 Å². The molecule has 2 unspecified atom stereocenters. The van der Waals surface area contributed by atoms with Crippen LogP contribution < -0.4 is 19.8 Å². The Balaban J connectivity index is 1.40. The second kappa shape index (κ2) is 10.7. The number of imide groups is 1. The van der Waals surface area contributed by atoms with Crippen molar-refractivity contribution in [3.8, 4) is 5.75 Å². The number of carbonyl (C=O) groups excluding carboxylic acids is 3. The van der Waals surface area contributed by atoms with Crippen molar-refractivity contribution < 1.29 is 19.1 Å². The van der Waals surface area contributed by atoms with Crippen LogP contribution >= 0.6 is 23.1 Å². The van der Waals surface area contributed by atoms with Crippen molar-refractivity contribution in [1.29, 1.82) is 0 Å². The Labute approximate surface area is 245 Å². The van der Waals surface area contributed by atoms with E-state index in [0.29, 0.717) is 27.0 Å². The van der Waals surface area contributed by atoms with E-state index in [9.17, 15) is 19.2 Å². The molecule has 3 atom stereocenters. The molecule has 4 aromatic rings. The maximum absolute atomic E-state index is 14.0. The molecule has 0 spiro atoms. The van der Waals surface area contributed by atoms with Gasteiger partial charge in [-0.2, -0.15) is 0 Å². The first kappa shape index (κ1) is 27.0. The highest BCUT2D eigenvalue weighted by Crippen LogP contribution is 2.54. The Morgan fingerprint density at radius 2 is 1.51 bits per heavy atom. The van der Waals surface area contributed by atoms with Crippen LogP contribution in [0.15, 0.2) is 82.6 Å². The summed E-state index contributed by atoms with van der Waals surface area (Å²) in [7, 11) is 1.58. The standard InChI is InChI=1S/C31H27N3O5S2/c1-17-4-10-20(11-5-17)32-23(35)16-33-30-27(41-31(33)38)24(19-8-14-22(39-3)15-9-19)25-26(40-30)29(37)34(28(25)36)21-12-6-18(2)7-13-21/h4-15,24-26H,16H2,1-3H3,(H,32,35)/t24-,25?,26?/m0/s1. The fourth-order valence-corrected chi connectivity index (χ4v) is 8.13. The quantitative estimate of drug-likeness (QED) is 0.321. The molecule has 0 aliphatic carbocycles. The SMILES string of the molecule is COc1ccc([C@@H]2c3sc(=O)n(CC(=O)Nc4ccc(C)cc4)c3SC3C(=O)N(c4ccc(C)cc4)C(=O)C32)cc1. The first-order chi connectivity index (χ1) is 19.7. The second-order valence-electron chi connectivity index (χ2n) is 10.2. The summed E-state index contributed by atoms with van der Waals surface area (Å²) in [6.45, 7) is 3.70. The van der Waals surface area contributed by atoms with E-state index in [-0.39, 0.29) is 29.1 Å². The number of methoxy groups -OCH3 is 1. The number of fused-ring (bicyclic) bond motifs is 2. The molecule has 1 saturated heterocycles. The van der Waals surface area contributed by atoms with E-state index in [1.165, 1.54) is 21.2 Å². The van der Waals surface area contributed by atoms with Gasteiger partial charge < -0.3 is 10.1 Å². The summed E-state index contributed by atoms with van der Waals surface area (Å²) in [6, 6.07) is 22.0. The zero-order valence-electron chi connectivity index (χ0n) is 22.6. The summed E-state index contributed by atoms with van der Waals surface area (Å²) in [5, 5.41) is 2.65. The zero-order chi connectivity index (χ0) is 28.8. The summed E-state index contributed by atoms with van der Waals surface area (Å²) in [5.74, 6) is -1.56. The lowest BCUT2D eigenvalue weighted by molar-refractivity contribution is -0.122. The molecular formula is C31H27N3O5S2. The van der Waals surface area contributed by atoms with Gasteiger partial charge in [0.25, 0.3) is 0 Å². The van der Waals surface area contributed by atoms with Gasteiger partial charge in [-0.3, -0.25) is 23.7 Å². The number of nitrogens with zero attached hydrogens (tertiary/aromatic N) is 2. The maximum atomic E-state index is 14.0. The molecule has 0 bridgehead atoms. The average Bonchev–Trinajstić information content (AvgIpc) is 3.41. The molecule has 1 N–H and O–H groups in total. The van der Waals surface area contributed by atoms with Crippen LogP contribution in [-0.4, -0.2) is 34.6 Å². The van der Waals surface area contributed by atoms with Gasteiger partial charge in [0.2, 0.25) is 17.7 Å². The number of anilines is 2. The third-order valence-electron chi connectivity index (χ3n) is 7.45. The smallest absolute Gasteiger partial charge is 0.308 e. The van der Waals surface area contributed by atoms with E-state index in [0.717, 1.165) is 28.0 Å².